The predicted molar refractivity (Wildman–Crippen MR) is 156 cm³/mol. The number of carbonyl (C=O) groups excluding carboxylic acids is 2. The van der Waals surface area contributed by atoms with Crippen molar-refractivity contribution in [3.8, 4) is 17.2 Å². The fourth-order valence-electron chi connectivity index (χ4n) is 4.53. The Morgan fingerprint density at radius 3 is 2.50 bits per heavy atom. The van der Waals surface area contributed by atoms with E-state index >= 15 is 0 Å². The standard InChI is InChI=1S/C30H27ClN2O6S/c1-4-14-39-22-13-8-18(15-23(22)38-5-2)26-25(27(34)17-6-9-19(31)10-7-17)28(35)29(36)33(26)30-32-21-12-11-20(37-3)16-24(21)40-30/h6-13,15-16,26,34H,4-5,14H2,1-3H3. The van der Waals surface area contributed by atoms with E-state index in [1.54, 1.807) is 61.7 Å². The third-order valence-corrected chi connectivity index (χ3v) is 7.67. The molecule has 0 saturated carbocycles. The minimum absolute atomic E-state index is 0.0613. The highest BCUT2D eigenvalue weighted by Crippen LogP contribution is 2.46. The highest BCUT2D eigenvalue weighted by atomic mass is 35.5. The number of ketones is 1. The molecule has 1 N–H and O–H groups in total. The second kappa shape index (κ2) is 11.6. The zero-order chi connectivity index (χ0) is 28.4. The Kier molecular flexibility index (Phi) is 7.95. The smallest absolute Gasteiger partial charge is 0.301 e. The molecule has 0 spiro atoms. The quantitative estimate of drug-likeness (QED) is 0.133. The number of aliphatic hydroxyl groups excluding tert-OH is 1. The molecule has 1 amide bonds. The van der Waals surface area contributed by atoms with Gasteiger partial charge in [0, 0.05) is 10.6 Å². The molecule has 1 saturated heterocycles. The number of halogens is 1. The summed E-state index contributed by atoms with van der Waals surface area (Å²) >= 11 is 7.30. The molecule has 4 aromatic rings. The Morgan fingerprint density at radius 1 is 1.02 bits per heavy atom. The summed E-state index contributed by atoms with van der Waals surface area (Å²) in [5.41, 5.74) is 1.50. The van der Waals surface area contributed by atoms with Gasteiger partial charge in [0.2, 0.25) is 0 Å². The van der Waals surface area contributed by atoms with Crippen LogP contribution in [0.25, 0.3) is 16.0 Å². The van der Waals surface area contributed by atoms with E-state index in [0.717, 1.165) is 11.1 Å². The molecule has 1 fully saturated rings. The van der Waals surface area contributed by atoms with Crippen LogP contribution in [-0.2, 0) is 9.59 Å². The molecule has 40 heavy (non-hydrogen) atoms. The Labute approximate surface area is 240 Å². The fraction of sp³-hybridized carbons (Fsp3) is 0.233. The largest absolute Gasteiger partial charge is 0.507 e. The van der Waals surface area contributed by atoms with Gasteiger partial charge < -0.3 is 19.3 Å². The Bertz CT molecular complexity index is 1610. The predicted octanol–water partition coefficient (Wildman–Crippen LogP) is 6.77. The van der Waals surface area contributed by atoms with Crippen LogP contribution in [0.3, 0.4) is 0 Å². The molecule has 1 aliphatic rings. The van der Waals surface area contributed by atoms with E-state index in [1.165, 1.54) is 16.2 Å². The number of rotatable bonds is 9. The van der Waals surface area contributed by atoms with Gasteiger partial charge in [-0.1, -0.05) is 35.9 Å². The van der Waals surface area contributed by atoms with Gasteiger partial charge in [-0.05, 0) is 73.5 Å². The van der Waals surface area contributed by atoms with Gasteiger partial charge in [0.1, 0.15) is 11.5 Å². The number of Topliss-reactive ketones (excluding diaryl/α,β-unsaturated/α-hetero) is 1. The summed E-state index contributed by atoms with van der Waals surface area (Å²) < 4.78 is 17.8. The average molecular weight is 579 g/mol. The number of anilines is 1. The minimum atomic E-state index is -0.974. The molecule has 1 atom stereocenters. The first-order valence-electron chi connectivity index (χ1n) is 12.8. The fourth-order valence-corrected chi connectivity index (χ4v) is 5.67. The molecule has 1 aliphatic heterocycles. The summed E-state index contributed by atoms with van der Waals surface area (Å²) in [6.45, 7) is 4.76. The highest BCUT2D eigenvalue weighted by Gasteiger charge is 2.48. The van der Waals surface area contributed by atoms with Gasteiger partial charge in [0.05, 0.1) is 42.2 Å². The normalized spacial score (nSPS) is 16.5. The molecule has 206 valence electrons. The first-order chi connectivity index (χ1) is 19.4. The van der Waals surface area contributed by atoms with Gasteiger partial charge in [-0.15, -0.1) is 0 Å². The van der Waals surface area contributed by atoms with Gasteiger partial charge in [0.15, 0.2) is 16.6 Å². The summed E-state index contributed by atoms with van der Waals surface area (Å²) in [4.78, 5) is 33.2. The molecule has 1 aromatic heterocycles. The summed E-state index contributed by atoms with van der Waals surface area (Å²) in [5, 5.41) is 12.2. The number of amides is 1. The van der Waals surface area contributed by atoms with Crippen molar-refractivity contribution < 1.29 is 28.9 Å². The molecule has 10 heteroatoms. The van der Waals surface area contributed by atoms with Crippen molar-refractivity contribution in [3.05, 3.63) is 82.4 Å². The van der Waals surface area contributed by atoms with Crippen LogP contribution >= 0.6 is 22.9 Å². The molecule has 0 bridgehead atoms. The van der Waals surface area contributed by atoms with Crippen LogP contribution in [-0.4, -0.2) is 42.1 Å². The maximum Gasteiger partial charge on any atom is 0.301 e. The summed E-state index contributed by atoms with van der Waals surface area (Å²) in [5.74, 6) is -0.259. The molecule has 2 heterocycles. The number of hydrogen-bond acceptors (Lipinski definition) is 8. The Hall–Kier alpha value is -4.08. The monoisotopic (exact) mass is 578 g/mol. The van der Waals surface area contributed by atoms with E-state index in [9.17, 15) is 14.7 Å². The van der Waals surface area contributed by atoms with Gasteiger partial charge >= 0.3 is 5.91 Å². The Morgan fingerprint density at radius 2 is 1.80 bits per heavy atom. The van der Waals surface area contributed by atoms with E-state index in [1.807, 2.05) is 19.9 Å². The van der Waals surface area contributed by atoms with Crippen LogP contribution < -0.4 is 19.1 Å². The molecule has 0 aliphatic carbocycles. The van der Waals surface area contributed by atoms with E-state index in [0.29, 0.717) is 57.3 Å². The van der Waals surface area contributed by atoms with Crippen LogP contribution in [0.5, 0.6) is 17.2 Å². The number of benzene rings is 3. The maximum absolute atomic E-state index is 13.6. The second-order valence-corrected chi connectivity index (χ2v) is 10.4. The summed E-state index contributed by atoms with van der Waals surface area (Å²) in [7, 11) is 1.57. The number of carbonyl (C=O) groups is 2. The number of methoxy groups -OCH3 is 1. The maximum atomic E-state index is 13.6. The van der Waals surface area contributed by atoms with E-state index in [-0.39, 0.29) is 11.3 Å². The number of ether oxygens (including phenoxy) is 3. The summed E-state index contributed by atoms with van der Waals surface area (Å²) in [6, 6.07) is 16.1. The van der Waals surface area contributed by atoms with Gasteiger partial charge in [-0.3, -0.25) is 14.5 Å². The van der Waals surface area contributed by atoms with Gasteiger partial charge in [-0.25, -0.2) is 4.98 Å². The molecular weight excluding hydrogens is 552 g/mol. The number of aromatic nitrogens is 1. The van der Waals surface area contributed by atoms with Crippen molar-refractivity contribution in [3.63, 3.8) is 0 Å². The number of thiazole rings is 1. The molecule has 0 radical (unpaired) electrons. The molecule has 3 aromatic carbocycles. The third-order valence-electron chi connectivity index (χ3n) is 6.40. The topological polar surface area (TPSA) is 98.2 Å². The zero-order valence-electron chi connectivity index (χ0n) is 22.1. The van der Waals surface area contributed by atoms with Crippen LogP contribution in [0.1, 0.15) is 37.4 Å². The van der Waals surface area contributed by atoms with Crippen LogP contribution in [0.2, 0.25) is 5.02 Å². The van der Waals surface area contributed by atoms with Gasteiger partial charge in [0.25, 0.3) is 5.78 Å². The van der Waals surface area contributed by atoms with Crippen molar-refractivity contribution in [2.24, 2.45) is 0 Å². The number of hydrogen-bond donors (Lipinski definition) is 1. The minimum Gasteiger partial charge on any atom is -0.507 e. The molecule has 8 nitrogen and oxygen atoms in total. The van der Waals surface area contributed by atoms with Gasteiger partial charge in [-0.2, -0.15) is 0 Å². The lowest BCUT2D eigenvalue weighted by molar-refractivity contribution is -0.132. The van der Waals surface area contributed by atoms with Crippen LogP contribution in [0, 0.1) is 0 Å². The van der Waals surface area contributed by atoms with E-state index in [4.69, 9.17) is 25.8 Å². The third kappa shape index (κ3) is 5.10. The lowest BCUT2D eigenvalue weighted by Crippen LogP contribution is -2.29. The second-order valence-electron chi connectivity index (χ2n) is 8.99. The van der Waals surface area contributed by atoms with Crippen molar-refractivity contribution in [1.29, 1.82) is 0 Å². The number of fused-ring (bicyclic) bond motifs is 1. The highest BCUT2D eigenvalue weighted by molar-refractivity contribution is 7.22. The van der Waals surface area contributed by atoms with E-state index in [2.05, 4.69) is 4.98 Å². The Balaban J connectivity index is 1.71. The molecular formula is C30H27ClN2O6S. The average Bonchev–Trinajstić information content (AvgIpc) is 3.49. The zero-order valence-corrected chi connectivity index (χ0v) is 23.7. The number of nitrogens with zero attached hydrogens (tertiary/aromatic N) is 2. The van der Waals surface area contributed by atoms with Crippen LogP contribution in [0.4, 0.5) is 5.13 Å². The lowest BCUT2D eigenvalue weighted by atomic mass is 9.95. The summed E-state index contributed by atoms with van der Waals surface area (Å²) in [6.07, 6.45) is 0.816. The SMILES string of the molecule is CCCOc1ccc(C2C(=C(O)c3ccc(Cl)cc3)C(=O)C(=O)N2c2nc3ccc(OC)cc3s2)cc1OCC. The molecule has 5 rings (SSSR count). The molecule has 1 unspecified atom stereocenters. The number of aliphatic hydroxyl groups is 1. The first-order valence-corrected chi connectivity index (χ1v) is 14.0. The lowest BCUT2D eigenvalue weighted by Gasteiger charge is -2.24. The first kappa shape index (κ1) is 27.5. The van der Waals surface area contributed by atoms with Crippen molar-refractivity contribution in [2.45, 2.75) is 26.3 Å². The van der Waals surface area contributed by atoms with Crippen LogP contribution in [0.15, 0.2) is 66.2 Å². The van der Waals surface area contributed by atoms with Crippen molar-refractivity contribution in [1.82, 2.24) is 4.98 Å². The van der Waals surface area contributed by atoms with Crippen molar-refractivity contribution in [2.75, 3.05) is 25.2 Å². The van der Waals surface area contributed by atoms with E-state index < -0.39 is 17.7 Å². The van der Waals surface area contributed by atoms with Crippen molar-refractivity contribution >= 4 is 55.7 Å².